The van der Waals surface area contributed by atoms with Crippen molar-refractivity contribution in [1.82, 2.24) is 25.1 Å². The zero-order valence-electron chi connectivity index (χ0n) is 15.0. The number of nitrogens with zero attached hydrogens (tertiary/aromatic N) is 4. The van der Waals surface area contributed by atoms with E-state index in [1.807, 2.05) is 36.8 Å². The fourth-order valence-corrected chi connectivity index (χ4v) is 3.87. The Morgan fingerprint density at radius 3 is 3.04 bits per heavy atom. The molecular weight excluding hydrogens is 338 g/mol. The molecule has 27 heavy (non-hydrogen) atoms. The van der Waals surface area contributed by atoms with Crippen LogP contribution in [0.5, 0.6) is 0 Å². The smallest absolute Gasteiger partial charge is 0.221 e. The molecule has 136 valence electrons. The number of hydrogen-bond donors (Lipinski definition) is 1. The van der Waals surface area contributed by atoms with Gasteiger partial charge in [0.2, 0.25) is 11.8 Å². The number of rotatable bonds is 5. The summed E-state index contributed by atoms with van der Waals surface area (Å²) in [6.07, 6.45) is 7.47. The zero-order chi connectivity index (χ0) is 18.1. The maximum absolute atomic E-state index is 6.01. The average molecular weight is 359 g/mol. The van der Waals surface area contributed by atoms with Crippen molar-refractivity contribution in [2.45, 2.75) is 25.3 Å². The normalized spacial score (nSPS) is 17.7. The van der Waals surface area contributed by atoms with Gasteiger partial charge in [-0.05, 0) is 36.2 Å². The third-order valence-electron chi connectivity index (χ3n) is 5.25. The first kappa shape index (κ1) is 16.2. The zero-order valence-corrected chi connectivity index (χ0v) is 15.0. The van der Waals surface area contributed by atoms with Crippen LogP contribution in [0.2, 0.25) is 0 Å². The van der Waals surface area contributed by atoms with Gasteiger partial charge in [-0.1, -0.05) is 24.3 Å². The van der Waals surface area contributed by atoms with Crippen LogP contribution in [0.4, 0.5) is 0 Å². The lowest BCUT2D eigenvalue weighted by Gasteiger charge is -2.14. The van der Waals surface area contributed by atoms with E-state index in [1.165, 1.54) is 16.5 Å². The van der Waals surface area contributed by atoms with Gasteiger partial charge in [0, 0.05) is 42.6 Å². The molecule has 6 heteroatoms. The minimum atomic E-state index is 0.311. The van der Waals surface area contributed by atoms with Crippen molar-refractivity contribution in [3.05, 3.63) is 77.9 Å². The fraction of sp³-hybridized carbons (Fsp3) is 0.286. The topological polar surface area (TPSA) is 70.8 Å². The molecule has 0 bridgehead atoms. The highest BCUT2D eigenvalue weighted by atomic mass is 16.4. The molecule has 6 nitrogen and oxygen atoms in total. The number of pyridine rings is 1. The van der Waals surface area contributed by atoms with E-state index in [1.54, 1.807) is 0 Å². The molecule has 1 N–H and O–H groups in total. The highest BCUT2D eigenvalue weighted by molar-refractivity contribution is 5.83. The molecular formula is C21H21N5O. The van der Waals surface area contributed by atoms with Gasteiger partial charge in [-0.25, -0.2) is 0 Å². The summed E-state index contributed by atoms with van der Waals surface area (Å²) in [4.78, 5) is 9.91. The first-order valence-electron chi connectivity index (χ1n) is 9.34. The molecule has 0 saturated carbocycles. The van der Waals surface area contributed by atoms with Crippen LogP contribution in [0.1, 0.15) is 35.2 Å². The Morgan fingerprint density at radius 2 is 2.11 bits per heavy atom. The van der Waals surface area contributed by atoms with E-state index < -0.39 is 0 Å². The van der Waals surface area contributed by atoms with Gasteiger partial charge in [0.25, 0.3) is 0 Å². The van der Waals surface area contributed by atoms with Crippen molar-refractivity contribution in [2.24, 2.45) is 0 Å². The van der Waals surface area contributed by atoms with Crippen LogP contribution in [-0.4, -0.2) is 38.2 Å². The molecule has 1 atom stereocenters. The van der Waals surface area contributed by atoms with Gasteiger partial charge in [0.15, 0.2) is 0 Å². The molecule has 1 aliphatic rings. The Morgan fingerprint density at radius 1 is 1.15 bits per heavy atom. The SMILES string of the molecule is c1cncc(CN2CCC(c3nnc(Cc4c[nH]c5ccccc45)o3)C2)c1. The fourth-order valence-electron chi connectivity index (χ4n) is 3.87. The van der Waals surface area contributed by atoms with Crippen molar-refractivity contribution in [3.63, 3.8) is 0 Å². The largest absolute Gasteiger partial charge is 0.425 e. The van der Waals surface area contributed by atoms with E-state index in [0.29, 0.717) is 18.2 Å². The second-order valence-corrected chi connectivity index (χ2v) is 7.15. The summed E-state index contributed by atoms with van der Waals surface area (Å²) in [5, 5.41) is 9.84. The second-order valence-electron chi connectivity index (χ2n) is 7.15. The summed E-state index contributed by atoms with van der Waals surface area (Å²) in [6.45, 7) is 2.91. The summed E-state index contributed by atoms with van der Waals surface area (Å²) >= 11 is 0. The molecule has 1 aliphatic heterocycles. The molecule has 1 aromatic carbocycles. The number of hydrogen-bond acceptors (Lipinski definition) is 5. The Hall–Kier alpha value is -2.99. The maximum Gasteiger partial charge on any atom is 0.221 e. The lowest BCUT2D eigenvalue weighted by Crippen LogP contribution is -2.19. The monoisotopic (exact) mass is 359 g/mol. The van der Waals surface area contributed by atoms with Crippen LogP contribution in [0.15, 0.2) is 59.4 Å². The molecule has 4 aromatic rings. The summed E-state index contributed by atoms with van der Waals surface area (Å²) in [7, 11) is 0. The van der Waals surface area contributed by atoms with Gasteiger partial charge >= 0.3 is 0 Å². The van der Waals surface area contributed by atoms with E-state index in [9.17, 15) is 0 Å². The minimum Gasteiger partial charge on any atom is -0.425 e. The highest BCUT2D eigenvalue weighted by Crippen LogP contribution is 2.28. The third-order valence-corrected chi connectivity index (χ3v) is 5.25. The molecule has 5 rings (SSSR count). The number of fused-ring (bicyclic) bond motifs is 1. The molecule has 0 spiro atoms. The Labute approximate surface area is 157 Å². The van der Waals surface area contributed by atoms with Crippen LogP contribution in [0, 0.1) is 0 Å². The molecule has 0 aliphatic carbocycles. The van der Waals surface area contributed by atoms with Crippen LogP contribution >= 0.6 is 0 Å². The van der Waals surface area contributed by atoms with Gasteiger partial charge in [0.05, 0.1) is 12.3 Å². The third kappa shape index (κ3) is 3.36. The predicted octanol–water partition coefficient (Wildman–Crippen LogP) is 3.53. The van der Waals surface area contributed by atoms with Crippen molar-refractivity contribution in [2.75, 3.05) is 13.1 Å². The number of para-hydroxylation sites is 1. The van der Waals surface area contributed by atoms with Gasteiger partial charge in [0.1, 0.15) is 0 Å². The summed E-state index contributed by atoms with van der Waals surface area (Å²) in [5.74, 6) is 1.75. The molecule has 0 amide bonds. The quantitative estimate of drug-likeness (QED) is 0.590. The summed E-state index contributed by atoms with van der Waals surface area (Å²) in [6, 6.07) is 12.4. The van der Waals surface area contributed by atoms with Crippen LogP contribution in [0.25, 0.3) is 10.9 Å². The minimum absolute atomic E-state index is 0.311. The Kier molecular flexibility index (Phi) is 4.18. The number of likely N-dealkylation sites (tertiary alicyclic amines) is 1. The lowest BCUT2D eigenvalue weighted by molar-refractivity contribution is 0.318. The van der Waals surface area contributed by atoms with E-state index >= 15 is 0 Å². The highest BCUT2D eigenvalue weighted by Gasteiger charge is 2.28. The number of H-pyrrole nitrogens is 1. The van der Waals surface area contributed by atoms with Gasteiger partial charge in [-0.2, -0.15) is 0 Å². The van der Waals surface area contributed by atoms with Gasteiger partial charge in [-0.15, -0.1) is 10.2 Å². The van der Waals surface area contributed by atoms with Crippen LogP contribution in [-0.2, 0) is 13.0 Å². The second kappa shape index (κ2) is 6.96. The van der Waals surface area contributed by atoms with Crippen molar-refractivity contribution >= 4 is 10.9 Å². The Balaban J connectivity index is 1.26. The van der Waals surface area contributed by atoms with Gasteiger partial charge < -0.3 is 9.40 Å². The average Bonchev–Trinajstić information content (AvgIpc) is 3.44. The molecule has 1 fully saturated rings. The van der Waals surface area contributed by atoms with Crippen molar-refractivity contribution in [1.29, 1.82) is 0 Å². The van der Waals surface area contributed by atoms with Crippen molar-refractivity contribution < 1.29 is 4.42 Å². The number of nitrogens with one attached hydrogen (secondary N) is 1. The first-order chi connectivity index (χ1) is 13.3. The Bertz CT molecular complexity index is 1040. The first-order valence-corrected chi connectivity index (χ1v) is 9.34. The maximum atomic E-state index is 6.01. The summed E-state index contributed by atoms with van der Waals surface area (Å²) in [5.41, 5.74) is 3.56. The van der Waals surface area contributed by atoms with E-state index in [-0.39, 0.29) is 0 Å². The van der Waals surface area contributed by atoms with E-state index in [4.69, 9.17) is 4.42 Å². The lowest BCUT2D eigenvalue weighted by atomic mass is 10.1. The summed E-state index contributed by atoms with van der Waals surface area (Å²) < 4.78 is 6.01. The van der Waals surface area contributed by atoms with Crippen LogP contribution < -0.4 is 0 Å². The molecule has 1 unspecified atom stereocenters. The van der Waals surface area contributed by atoms with E-state index in [2.05, 4.69) is 43.3 Å². The van der Waals surface area contributed by atoms with Crippen LogP contribution in [0.3, 0.4) is 0 Å². The molecule has 4 heterocycles. The standard InChI is InChI=1S/C21H21N5O/c1-2-6-19-18(5-1)17(12-23-19)10-20-24-25-21(27-20)16-7-9-26(14-16)13-15-4-3-8-22-11-15/h1-6,8,11-12,16,23H,7,9-10,13-14H2. The number of aromatic nitrogens is 4. The molecule has 1 saturated heterocycles. The van der Waals surface area contributed by atoms with Crippen molar-refractivity contribution in [3.8, 4) is 0 Å². The molecule has 0 radical (unpaired) electrons. The number of aromatic amines is 1. The van der Waals surface area contributed by atoms with E-state index in [0.717, 1.165) is 37.5 Å². The van der Waals surface area contributed by atoms with Gasteiger partial charge in [-0.3, -0.25) is 9.88 Å². The predicted molar refractivity (Wildman–Crippen MR) is 102 cm³/mol. The molecule has 3 aromatic heterocycles. The number of benzene rings is 1.